The van der Waals surface area contributed by atoms with E-state index in [1.54, 1.807) is 6.07 Å². The number of benzene rings is 3. The van der Waals surface area contributed by atoms with Gasteiger partial charge in [0.25, 0.3) is 5.91 Å². The molecule has 6 nitrogen and oxygen atoms in total. The van der Waals surface area contributed by atoms with Crippen LogP contribution >= 0.6 is 0 Å². The van der Waals surface area contributed by atoms with Gasteiger partial charge in [0.1, 0.15) is 12.1 Å². The van der Waals surface area contributed by atoms with Crippen LogP contribution in [-0.2, 0) is 0 Å². The molecule has 1 aliphatic heterocycles. The van der Waals surface area contributed by atoms with E-state index in [0.717, 1.165) is 22.4 Å². The van der Waals surface area contributed by atoms with Crippen molar-refractivity contribution in [2.45, 2.75) is 13.8 Å². The Morgan fingerprint density at radius 1 is 0.906 bits per heavy atom. The van der Waals surface area contributed by atoms with Crippen LogP contribution in [-0.4, -0.2) is 51.6 Å². The average molecular weight is 427 g/mol. The van der Waals surface area contributed by atoms with E-state index >= 15 is 0 Å². The molecule has 1 aliphatic rings. The third kappa shape index (κ3) is 3.58. The van der Waals surface area contributed by atoms with Gasteiger partial charge in [0.05, 0.1) is 22.4 Å². The number of carbonyl (C=O) groups is 1. The van der Waals surface area contributed by atoms with Gasteiger partial charge in [-0.2, -0.15) is 0 Å². The normalized spacial score (nSPS) is 14.2. The van der Waals surface area contributed by atoms with Gasteiger partial charge in [-0.05, 0) is 55.8 Å². The molecule has 4 aromatic rings. The number of piperazine rings is 1. The molecule has 0 radical (unpaired) electrons. The van der Waals surface area contributed by atoms with Gasteiger partial charge in [0.15, 0.2) is 0 Å². The third-order valence-electron chi connectivity index (χ3n) is 6.20. The molecule has 162 valence electrons. The van der Waals surface area contributed by atoms with E-state index in [0.29, 0.717) is 31.7 Å². The van der Waals surface area contributed by atoms with E-state index < -0.39 is 0 Å². The molecule has 1 fully saturated rings. The second kappa shape index (κ2) is 8.04. The summed E-state index contributed by atoms with van der Waals surface area (Å²) in [5.41, 5.74) is 6.77. The van der Waals surface area contributed by atoms with Gasteiger partial charge >= 0.3 is 0 Å². The summed E-state index contributed by atoms with van der Waals surface area (Å²) in [5.74, 6) is 0.294. The zero-order chi connectivity index (χ0) is 22.2. The van der Waals surface area contributed by atoms with Crippen molar-refractivity contribution in [2.24, 2.45) is 0 Å². The number of anilines is 1. The van der Waals surface area contributed by atoms with Crippen LogP contribution in [0.4, 0.5) is 5.69 Å². The number of fused-ring (bicyclic) bond motifs is 1. The van der Waals surface area contributed by atoms with Crippen LogP contribution in [0.2, 0.25) is 0 Å². The van der Waals surface area contributed by atoms with Crippen molar-refractivity contribution in [1.29, 1.82) is 0 Å². The first kappa shape index (κ1) is 20.1. The van der Waals surface area contributed by atoms with Gasteiger partial charge in [-0.25, -0.2) is 4.98 Å². The van der Waals surface area contributed by atoms with Crippen molar-refractivity contribution < 1.29 is 9.90 Å². The number of aromatic hydroxyl groups is 1. The van der Waals surface area contributed by atoms with E-state index in [1.807, 2.05) is 47.6 Å². The van der Waals surface area contributed by atoms with Gasteiger partial charge in [-0.1, -0.05) is 29.8 Å². The molecule has 0 unspecified atom stereocenters. The van der Waals surface area contributed by atoms with Crippen LogP contribution in [0, 0.1) is 13.8 Å². The molecule has 1 aromatic heterocycles. The standard InChI is InChI=1S/C26H26N4O2/c1-18-7-9-22(19(2)15-18)30-17-27-21-16-20(8-10-23(21)30)26(32)29-13-11-28(12-14-29)24-5-3-4-6-25(24)31/h3-10,15-17,31H,11-14H2,1-2H3. The van der Waals surface area contributed by atoms with Gasteiger partial charge in [0, 0.05) is 31.7 Å². The van der Waals surface area contributed by atoms with Gasteiger partial charge in [-0.3, -0.25) is 9.36 Å². The maximum atomic E-state index is 13.1. The predicted octanol–water partition coefficient (Wildman–Crippen LogP) is 4.31. The lowest BCUT2D eigenvalue weighted by atomic mass is 10.1. The summed E-state index contributed by atoms with van der Waals surface area (Å²) in [4.78, 5) is 21.7. The number of phenols is 1. The Kier molecular flexibility index (Phi) is 5.05. The summed E-state index contributed by atoms with van der Waals surface area (Å²) in [5, 5.41) is 10.1. The lowest BCUT2D eigenvalue weighted by Crippen LogP contribution is -2.48. The van der Waals surface area contributed by atoms with E-state index in [4.69, 9.17) is 0 Å². The average Bonchev–Trinajstić information content (AvgIpc) is 3.22. The molecule has 6 heteroatoms. The lowest BCUT2D eigenvalue weighted by Gasteiger charge is -2.36. The molecule has 0 bridgehead atoms. The number of amides is 1. The minimum Gasteiger partial charge on any atom is -0.506 e. The highest BCUT2D eigenvalue weighted by Crippen LogP contribution is 2.28. The minimum absolute atomic E-state index is 0.0184. The smallest absolute Gasteiger partial charge is 0.254 e. The summed E-state index contributed by atoms with van der Waals surface area (Å²) in [6.07, 6.45) is 1.82. The number of aryl methyl sites for hydroxylation is 2. The number of imidazole rings is 1. The van der Waals surface area contributed by atoms with Gasteiger partial charge in [0.2, 0.25) is 0 Å². The zero-order valence-corrected chi connectivity index (χ0v) is 18.3. The molecule has 1 saturated heterocycles. The Morgan fingerprint density at radius 3 is 2.44 bits per heavy atom. The predicted molar refractivity (Wildman–Crippen MR) is 127 cm³/mol. The highest BCUT2D eigenvalue weighted by molar-refractivity contribution is 5.97. The highest BCUT2D eigenvalue weighted by atomic mass is 16.3. The number of hydrogen-bond acceptors (Lipinski definition) is 4. The molecule has 3 aromatic carbocycles. The zero-order valence-electron chi connectivity index (χ0n) is 18.3. The summed E-state index contributed by atoms with van der Waals surface area (Å²) in [7, 11) is 0. The molecule has 0 aliphatic carbocycles. The molecule has 32 heavy (non-hydrogen) atoms. The van der Waals surface area contributed by atoms with E-state index in [1.165, 1.54) is 11.1 Å². The van der Waals surface area contributed by atoms with E-state index in [2.05, 4.69) is 46.5 Å². The molecule has 1 N–H and O–H groups in total. The molecule has 1 amide bonds. The Bertz CT molecular complexity index is 1300. The largest absolute Gasteiger partial charge is 0.506 e. The van der Waals surface area contributed by atoms with Gasteiger partial charge in [-0.15, -0.1) is 0 Å². The second-order valence-corrected chi connectivity index (χ2v) is 8.38. The summed E-state index contributed by atoms with van der Waals surface area (Å²) >= 11 is 0. The maximum Gasteiger partial charge on any atom is 0.254 e. The second-order valence-electron chi connectivity index (χ2n) is 8.38. The SMILES string of the molecule is Cc1ccc(-n2cnc3cc(C(=O)N4CCN(c5ccccc5O)CC4)ccc32)c(C)c1. The first-order valence-electron chi connectivity index (χ1n) is 10.9. The van der Waals surface area contributed by atoms with E-state index in [9.17, 15) is 9.90 Å². The fourth-order valence-corrected chi connectivity index (χ4v) is 4.48. The minimum atomic E-state index is 0.0184. The Balaban J connectivity index is 1.34. The van der Waals surface area contributed by atoms with Crippen molar-refractivity contribution in [3.63, 3.8) is 0 Å². The number of hydrogen-bond donors (Lipinski definition) is 1. The molecule has 0 saturated carbocycles. The third-order valence-corrected chi connectivity index (χ3v) is 6.20. The van der Waals surface area contributed by atoms with Crippen molar-refractivity contribution in [2.75, 3.05) is 31.1 Å². The molecule has 5 rings (SSSR count). The molecule has 0 spiro atoms. The fourth-order valence-electron chi connectivity index (χ4n) is 4.48. The monoisotopic (exact) mass is 426 g/mol. The quantitative estimate of drug-likeness (QED) is 0.530. The number of para-hydroxylation sites is 2. The number of nitrogens with zero attached hydrogens (tertiary/aromatic N) is 4. The molecule has 2 heterocycles. The topological polar surface area (TPSA) is 61.6 Å². The van der Waals surface area contributed by atoms with Crippen molar-refractivity contribution in [3.05, 3.63) is 83.7 Å². The Labute approximate surface area is 187 Å². The number of phenolic OH excluding ortho intramolecular Hbond substituents is 1. The van der Waals surface area contributed by atoms with Crippen molar-refractivity contribution in [1.82, 2.24) is 14.5 Å². The molecular weight excluding hydrogens is 400 g/mol. The van der Waals surface area contributed by atoms with Crippen LogP contribution in [0.1, 0.15) is 21.5 Å². The summed E-state index contributed by atoms with van der Waals surface area (Å²) < 4.78 is 2.07. The lowest BCUT2D eigenvalue weighted by molar-refractivity contribution is 0.0747. The number of rotatable bonds is 3. The van der Waals surface area contributed by atoms with Crippen molar-refractivity contribution in [3.8, 4) is 11.4 Å². The highest BCUT2D eigenvalue weighted by Gasteiger charge is 2.24. The van der Waals surface area contributed by atoms with E-state index in [-0.39, 0.29) is 11.7 Å². The number of carbonyl (C=O) groups excluding carboxylic acids is 1. The Hall–Kier alpha value is -3.80. The van der Waals surface area contributed by atoms with Crippen LogP contribution in [0.25, 0.3) is 16.7 Å². The van der Waals surface area contributed by atoms with Crippen LogP contribution in [0.5, 0.6) is 5.75 Å². The Morgan fingerprint density at radius 2 is 1.69 bits per heavy atom. The fraction of sp³-hybridized carbons (Fsp3) is 0.231. The van der Waals surface area contributed by atoms with Crippen LogP contribution in [0.15, 0.2) is 67.0 Å². The molecule has 0 atom stereocenters. The number of aromatic nitrogens is 2. The first-order chi connectivity index (χ1) is 15.5. The summed E-state index contributed by atoms with van der Waals surface area (Å²) in [6, 6.07) is 19.5. The van der Waals surface area contributed by atoms with Crippen LogP contribution in [0.3, 0.4) is 0 Å². The van der Waals surface area contributed by atoms with Crippen LogP contribution < -0.4 is 4.90 Å². The first-order valence-corrected chi connectivity index (χ1v) is 10.9. The summed E-state index contributed by atoms with van der Waals surface area (Å²) in [6.45, 7) is 6.79. The van der Waals surface area contributed by atoms with Gasteiger partial charge < -0.3 is 14.9 Å². The maximum absolute atomic E-state index is 13.1. The molecular formula is C26H26N4O2. The van der Waals surface area contributed by atoms with Crippen molar-refractivity contribution >= 4 is 22.6 Å².